The number of anilines is 1. The average Bonchev–Trinajstić information content (AvgIpc) is 2.32. The van der Waals surface area contributed by atoms with Gasteiger partial charge in [-0.2, -0.15) is 0 Å². The maximum atomic E-state index is 12.5. The highest BCUT2D eigenvalue weighted by molar-refractivity contribution is 7.85. The Balaban J connectivity index is 2.10. The Kier molecular flexibility index (Phi) is 3.87. The van der Waals surface area contributed by atoms with E-state index in [9.17, 15) is 4.21 Å². The number of benzene rings is 1. The van der Waals surface area contributed by atoms with Crippen LogP contribution in [0.1, 0.15) is 33.1 Å². The molecule has 1 fully saturated rings. The van der Waals surface area contributed by atoms with E-state index in [1.54, 1.807) is 0 Å². The van der Waals surface area contributed by atoms with Gasteiger partial charge >= 0.3 is 0 Å². The molecular formula is C14H21NOS. The smallest absolute Gasteiger partial charge is 0.0561 e. The first-order chi connectivity index (χ1) is 8.08. The molecule has 4 unspecified atom stereocenters. The molecule has 1 aromatic carbocycles. The second kappa shape index (κ2) is 5.21. The van der Waals surface area contributed by atoms with Gasteiger partial charge in [0.15, 0.2) is 0 Å². The number of hydrogen-bond acceptors (Lipinski definition) is 2. The van der Waals surface area contributed by atoms with E-state index >= 15 is 0 Å². The number of hydrogen-bond donors (Lipinski definition) is 1. The molecule has 0 saturated heterocycles. The molecule has 1 aliphatic carbocycles. The van der Waals surface area contributed by atoms with Gasteiger partial charge in [-0.1, -0.05) is 19.9 Å². The lowest BCUT2D eigenvalue weighted by molar-refractivity contribution is 0.281. The third-order valence-corrected chi connectivity index (χ3v) is 5.70. The van der Waals surface area contributed by atoms with E-state index in [1.165, 1.54) is 6.42 Å². The molecule has 0 radical (unpaired) electrons. The van der Waals surface area contributed by atoms with Crippen LogP contribution >= 0.6 is 0 Å². The van der Waals surface area contributed by atoms with Crippen LogP contribution in [0.5, 0.6) is 0 Å². The molecule has 17 heavy (non-hydrogen) atoms. The SMILES string of the molecule is CC1CCC(S(=O)c2cccc(N)c2)CC1C. The standard InChI is InChI=1S/C14H21NOS/c1-10-6-7-14(8-11(10)2)17(16)13-5-3-4-12(15)9-13/h3-5,9-11,14H,6-8,15H2,1-2H3. The minimum absolute atomic E-state index is 0.308. The van der Waals surface area contributed by atoms with Gasteiger partial charge in [0.1, 0.15) is 0 Å². The van der Waals surface area contributed by atoms with E-state index in [2.05, 4.69) is 13.8 Å². The van der Waals surface area contributed by atoms with Crippen molar-refractivity contribution in [3.05, 3.63) is 24.3 Å². The zero-order valence-electron chi connectivity index (χ0n) is 10.6. The van der Waals surface area contributed by atoms with Crippen molar-refractivity contribution in [1.29, 1.82) is 0 Å². The maximum absolute atomic E-state index is 12.5. The minimum atomic E-state index is -0.896. The van der Waals surface area contributed by atoms with E-state index in [-0.39, 0.29) is 0 Å². The normalized spacial score (nSPS) is 31.1. The Morgan fingerprint density at radius 1 is 1.24 bits per heavy atom. The van der Waals surface area contributed by atoms with Crippen molar-refractivity contribution < 1.29 is 4.21 Å². The maximum Gasteiger partial charge on any atom is 0.0561 e. The second-order valence-electron chi connectivity index (χ2n) is 5.26. The summed E-state index contributed by atoms with van der Waals surface area (Å²) in [6.45, 7) is 4.57. The van der Waals surface area contributed by atoms with Crippen molar-refractivity contribution in [2.24, 2.45) is 11.8 Å². The quantitative estimate of drug-likeness (QED) is 0.820. The molecule has 4 atom stereocenters. The van der Waals surface area contributed by atoms with Crippen molar-refractivity contribution in [1.82, 2.24) is 0 Å². The predicted molar refractivity (Wildman–Crippen MR) is 73.2 cm³/mol. The first kappa shape index (κ1) is 12.6. The van der Waals surface area contributed by atoms with Crippen LogP contribution in [-0.4, -0.2) is 9.46 Å². The van der Waals surface area contributed by atoms with Gasteiger partial charge in [-0.05, 0) is 49.3 Å². The third kappa shape index (κ3) is 2.89. The third-order valence-electron chi connectivity index (χ3n) is 3.94. The fourth-order valence-corrected chi connectivity index (χ4v) is 4.20. The van der Waals surface area contributed by atoms with Gasteiger partial charge in [-0.3, -0.25) is 4.21 Å². The van der Waals surface area contributed by atoms with E-state index in [0.29, 0.717) is 16.9 Å². The summed E-state index contributed by atoms with van der Waals surface area (Å²) in [6, 6.07) is 7.50. The van der Waals surface area contributed by atoms with Gasteiger partial charge in [0, 0.05) is 15.8 Å². The molecule has 0 aromatic heterocycles. The first-order valence-electron chi connectivity index (χ1n) is 6.34. The van der Waals surface area contributed by atoms with Crippen LogP contribution in [0.3, 0.4) is 0 Å². The van der Waals surface area contributed by atoms with Gasteiger partial charge < -0.3 is 5.73 Å². The molecule has 0 bridgehead atoms. The molecule has 1 aromatic rings. The largest absolute Gasteiger partial charge is 0.399 e. The highest BCUT2D eigenvalue weighted by Gasteiger charge is 2.28. The van der Waals surface area contributed by atoms with Crippen LogP contribution in [0.15, 0.2) is 29.2 Å². The van der Waals surface area contributed by atoms with Crippen LogP contribution in [0.25, 0.3) is 0 Å². The van der Waals surface area contributed by atoms with Crippen LogP contribution in [0.2, 0.25) is 0 Å². The lowest BCUT2D eigenvalue weighted by atomic mass is 9.81. The van der Waals surface area contributed by atoms with Gasteiger partial charge in [0.25, 0.3) is 0 Å². The molecule has 0 spiro atoms. The van der Waals surface area contributed by atoms with E-state index < -0.39 is 10.8 Å². The summed E-state index contributed by atoms with van der Waals surface area (Å²) in [5.74, 6) is 1.45. The van der Waals surface area contributed by atoms with Gasteiger partial charge in [0.2, 0.25) is 0 Å². The Bertz CT molecular complexity index is 418. The number of nitrogen functional groups attached to an aromatic ring is 1. The number of rotatable bonds is 2. The molecule has 1 saturated carbocycles. The van der Waals surface area contributed by atoms with Gasteiger partial charge in [0.05, 0.1) is 10.8 Å². The highest BCUT2D eigenvalue weighted by atomic mass is 32.2. The van der Waals surface area contributed by atoms with Crippen molar-refractivity contribution in [2.75, 3.05) is 5.73 Å². The van der Waals surface area contributed by atoms with E-state index in [4.69, 9.17) is 5.73 Å². The average molecular weight is 251 g/mol. The molecular weight excluding hydrogens is 230 g/mol. The molecule has 0 amide bonds. The van der Waals surface area contributed by atoms with Crippen LogP contribution in [0.4, 0.5) is 5.69 Å². The van der Waals surface area contributed by atoms with E-state index in [0.717, 1.165) is 23.7 Å². The molecule has 2 nitrogen and oxygen atoms in total. The fourth-order valence-electron chi connectivity index (χ4n) is 2.52. The fraction of sp³-hybridized carbons (Fsp3) is 0.571. The summed E-state index contributed by atoms with van der Waals surface area (Å²) < 4.78 is 12.5. The molecule has 1 aliphatic rings. The van der Waals surface area contributed by atoms with Gasteiger partial charge in [-0.15, -0.1) is 0 Å². The van der Waals surface area contributed by atoms with E-state index in [1.807, 2.05) is 24.3 Å². The molecule has 2 N–H and O–H groups in total. The molecule has 3 heteroatoms. The molecule has 0 aliphatic heterocycles. The van der Waals surface area contributed by atoms with Gasteiger partial charge in [-0.25, -0.2) is 0 Å². The Labute approximate surface area is 106 Å². The summed E-state index contributed by atoms with van der Waals surface area (Å²) in [4.78, 5) is 0.886. The van der Waals surface area contributed by atoms with Crippen LogP contribution in [0, 0.1) is 11.8 Å². The molecule has 2 rings (SSSR count). The second-order valence-corrected chi connectivity index (χ2v) is 6.99. The summed E-state index contributed by atoms with van der Waals surface area (Å²) in [5.41, 5.74) is 6.44. The van der Waals surface area contributed by atoms with Crippen molar-refractivity contribution in [3.8, 4) is 0 Å². The van der Waals surface area contributed by atoms with Crippen molar-refractivity contribution >= 4 is 16.5 Å². The highest BCUT2D eigenvalue weighted by Crippen LogP contribution is 2.33. The first-order valence-corrected chi connectivity index (χ1v) is 7.55. The summed E-state index contributed by atoms with van der Waals surface area (Å²) in [5, 5.41) is 0.308. The lowest BCUT2D eigenvalue weighted by Gasteiger charge is -2.31. The zero-order chi connectivity index (χ0) is 12.4. The van der Waals surface area contributed by atoms with Crippen LogP contribution < -0.4 is 5.73 Å². The molecule has 94 valence electrons. The monoisotopic (exact) mass is 251 g/mol. The zero-order valence-corrected chi connectivity index (χ0v) is 11.4. The predicted octanol–water partition coefficient (Wildman–Crippen LogP) is 3.20. The molecule has 0 heterocycles. The van der Waals surface area contributed by atoms with Crippen molar-refractivity contribution in [2.45, 2.75) is 43.3 Å². The minimum Gasteiger partial charge on any atom is -0.399 e. The Morgan fingerprint density at radius 2 is 2.00 bits per heavy atom. The Hall–Kier alpha value is -0.830. The number of nitrogens with two attached hydrogens (primary N) is 1. The summed E-state index contributed by atoms with van der Waals surface area (Å²) in [6.07, 6.45) is 3.34. The topological polar surface area (TPSA) is 43.1 Å². The van der Waals surface area contributed by atoms with Crippen molar-refractivity contribution in [3.63, 3.8) is 0 Å². The van der Waals surface area contributed by atoms with Crippen LogP contribution in [-0.2, 0) is 10.8 Å². The lowest BCUT2D eigenvalue weighted by Crippen LogP contribution is -2.27. The summed E-state index contributed by atoms with van der Waals surface area (Å²) in [7, 11) is -0.896. The summed E-state index contributed by atoms with van der Waals surface area (Å²) >= 11 is 0. The Morgan fingerprint density at radius 3 is 2.65 bits per heavy atom.